The highest BCUT2D eigenvalue weighted by molar-refractivity contribution is 6.25. The maximum atomic E-state index is 11.2. The molecule has 0 aliphatic carbocycles. The van der Waals surface area contributed by atoms with Gasteiger partial charge in [0, 0.05) is 5.54 Å². The molecule has 2 nitrogen and oxygen atoms in total. The van der Waals surface area contributed by atoms with E-state index in [9.17, 15) is 4.79 Å². The molecule has 0 unspecified atom stereocenters. The minimum atomic E-state index is -0.338. The highest BCUT2D eigenvalue weighted by atomic mass is 35.5. The van der Waals surface area contributed by atoms with E-state index in [2.05, 4.69) is 0 Å². The highest BCUT2D eigenvalue weighted by Crippen LogP contribution is 2.00. The van der Waals surface area contributed by atoms with Crippen LogP contribution in [0, 0.1) is 0 Å². The van der Waals surface area contributed by atoms with Gasteiger partial charge in [-0.1, -0.05) is 29.8 Å². The average Bonchev–Trinajstić information content (AvgIpc) is 2.19. The SMILES string of the molecule is O=C(OC/C=C\Cl)c1ccccc1. The first-order valence-electron chi connectivity index (χ1n) is 3.82. The van der Waals surface area contributed by atoms with Crippen molar-refractivity contribution in [2.45, 2.75) is 0 Å². The van der Waals surface area contributed by atoms with Crippen molar-refractivity contribution in [1.29, 1.82) is 0 Å². The zero-order valence-corrected chi connectivity index (χ0v) is 7.70. The second-order valence-corrected chi connectivity index (χ2v) is 2.58. The molecule has 0 aliphatic rings. The van der Waals surface area contributed by atoms with Crippen LogP contribution in [0.15, 0.2) is 41.9 Å². The Balaban J connectivity index is 2.49. The Labute approximate surface area is 81.8 Å². The summed E-state index contributed by atoms with van der Waals surface area (Å²) in [7, 11) is 0. The minimum Gasteiger partial charge on any atom is -0.458 e. The topological polar surface area (TPSA) is 26.3 Å². The monoisotopic (exact) mass is 196 g/mol. The lowest BCUT2D eigenvalue weighted by Crippen LogP contribution is -2.04. The predicted molar refractivity (Wildman–Crippen MR) is 51.7 cm³/mol. The van der Waals surface area contributed by atoms with Crippen molar-refractivity contribution in [3.05, 3.63) is 47.5 Å². The van der Waals surface area contributed by atoms with Crippen molar-refractivity contribution in [3.63, 3.8) is 0 Å². The van der Waals surface area contributed by atoms with Gasteiger partial charge in [0.05, 0.1) is 5.56 Å². The van der Waals surface area contributed by atoms with E-state index in [-0.39, 0.29) is 12.6 Å². The van der Waals surface area contributed by atoms with Crippen LogP contribution in [-0.4, -0.2) is 12.6 Å². The Kier molecular flexibility index (Phi) is 4.06. The zero-order chi connectivity index (χ0) is 9.52. The van der Waals surface area contributed by atoms with Gasteiger partial charge in [0.1, 0.15) is 6.61 Å². The van der Waals surface area contributed by atoms with Crippen LogP contribution < -0.4 is 0 Å². The number of carbonyl (C=O) groups is 1. The second-order valence-electron chi connectivity index (χ2n) is 2.33. The van der Waals surface area contributed by atoms with Crippen LogP contribution >= 0.6 is 11.6 Å². The number of esters is 1. The number of hydrogen-bond donors (Lipinski definition) is 0. The predicted octanol–water partition coefficient (Wildman–Crippen LogP) is 2.60. The normalized spacial score (nSPS) is 10.2. The third-order valence-electron chi connectivity index (χ3n) is 1.41. The first-order valence-corrected chi connectivity index (χ1v) is 4.25. The summed E-state index contributed by atoms with van der Waals surface area (Å²) in [6, 6.07) is 8.82. The van der Waals surface area contributed by atoms with Gasteiger partial charge in [-0.15, -0.1) is 0 Å². The number of ether oxygens (including phenoxy) is 1. The molecule has 0 saturated heterocycles. The highest BCUT2D eigenvalue weighted by Gasteiger charge is 2.03. The molecular formula is C10H9ClO2. The van der Waals surface area contributed by atoms with Crippen LogP contribution in [0.3, 0.4) is 0 Å². The second kappa shape index (κ2) is 5.38. The third-order valence-corrected chi connectivity index (χ3v) is 1.59. The molecule has 1 aromatic carbocycles. The molecule has 68 valence electrons. The Morgan fingerprint density at radius 1 is 1.38 bits per heavy atom. The molecule has 0 aliphatic heterocycles. The summed E-state index contributed by atoms with van der Waals surface area (Å²) in [6.45, 7) is 0.206. The van der Waals surface area contributed by atoms with Gasteiger partial charge in [0.15, 0.2) is 0 Å². The molecule has 0 heterocycles. The van der Waals surface area contributed by atoms with Crippen LogP contribution in [0.1, 0.15) is 10.4 Å². The lowest BCUT2D eigenvalue weighted by atomic mass is 10.2. The molecule has 0 radical (unpaired) electrons. The molecule has 0 fully saturated rings. The lowest BCUT2D eigenvalue weighted by Gasteiger charge is -2.00. The van der Waals surface area contributed by atoms with Gasteiger partial charge < -0.3 is 4.74 Å². The van der Waals surface area contributed by atoms with Crippen LogP contribution in [0.5, 0.6) is 0 Å². The van der Waals surface area contributed by atoms with Gasteiger partial charge in [0.2, 0.25) is 0 Å². The van der Waals surface area contributed by atoms with Crippen LogP contribution in [0.2, 0.25) is 0 Å². The number of rotatable bonds is 3. The fraction of sp³-hybridized carbons (Fsp3) is 0.100. The summed E-state index contributed by atoms with van der Waals surface area (Å²) in [4.78, 5) is 11.2. The Morgan fingerprint density at radius 3 is 2.69 bits per heavy atom. The standard InChI is InChI=1S/C10H9ClO2/c11-7-4-8-13-10(12)9-5-2-1-3-6-9/h1-7H,8H2/b7-4-. The first-order chi connectivity index (χ1) is 6.34. The molecule has 0 atom stereocenters. The van der Waals surface area contributed by atoms with E-state index in [0.717, 1.165) is 0 Å². The van der Waals surface area contributed by atoms with E-state index < -0.39 is 0 Å². The fourth-order valence-electron chi connectivity index (χ4n) is 0.818. The maximum absolute atomic E-state index is 11.2. The number of halogens is 1. The Hall–Kier alpha value is -1.28. The summed E-state index contributed by atoms with van der Waals surface area (Å²) in [6.07, 6.45) is 1.56. The fourth-order valence-corrected chi connectivity index (χ4v) is 0.890. The van der Waals surface area contributed by atoms with Gasteiger partial charge in [-0.25, -0.2) is 4.79 Å². The summed E-state index contributed by atoms with van der Waals surface area (Å²) >= 11 is 5.26. The summed E-state index contributed by atoms with van der Waals surface area (Å²) in [5.74, 6) is -0.338. The molecule has 0 bridgehead atoms. The van der Waals surface area contributed by atoms with Crippen molar-refractivity contribution < 1.29 is 9.53 Å². The van der Waals surface area contributed by atoms with Gasteiger partial charge in [-0.3, -0.25) is 0 Å². The molecule has 3 heteroatoms. The van der Waals surface area contributed by atoms with E-state index in [1.54, 1.807) is 30.3 Å². The van der Waals surface area contributed by atoms with E-state index in [1.807, 2.05) is 6.07 Å². The number of benzene rings is 1. The van der Waals surface area contributed by atoms with Gasteiger partial charge in [-0.05, 0) is 18.2 Å². The largest absolute Gasteiger partial charge is 0.458 e. The molecule has 0 amide bonds. The summed E-state index contributed by atoms with van der Waals surface area (Å²) in [5.41, 5.74) is 1.86. The Morgan fingerprint density at radius 2 is 2.08 bits per heavy atom. The van der Waals surface area contributed by atoms with Crippen molar-refractivity contribution in [2.75, 3.05) is 6.61 Å². The molecule has 1 aromatic rings. The van der Waals surface area contributed by atoms with Crippen molar-refractivity contribution in [3.8, 4) is 0 Å². The minimum absolute atomic E-state index is 0.206. The summed E-state index contributed by atoms with van der Waals surface area (Å²) < 4.78 is 4.86. The van der Waals surface area contributed by atoms with Gasteiger partial charge in [0.25, 0.3) is 0 Å². The molecule has 0 N–H and O–H groups in total. The number of hydrogen-bond acceptors (Lipinski definition) is 2. The quantitative estimate of drug-likeness (QED) is 0.695. The third kappa shape index (κ3) is 3.30. The van der Waals surface area contributed by atoms with Crippen molar-refractivity contribution in [2.24, 2.45) is 0 Å². The first kappa shape index (κ1) is 9.81. The molecular weight excluding hydrogens is 188 g/mol. The zero-order valence-electron chi connectivity index (χ0n) is 6.94. The van der Waals surface area contributed by atoms with Crippen molar-refractivity contribution in [1.82, 2.24) is 0 Å². The van der Waals surface area contributed by atoms with Crippen LogP contribution in [0.4, 0.5) is 0 Å². The molecule has 0 aromatic heterocycles. The molecule has 1 rings (SSSR count). The lowest BCUT2D eigenvalue weighted by molar-refractivity contribution is 0.0549. The maximum Gasteiger partial charge on any atom is 0.338 e. The smallest absolute Gasteiger partial charge is 0.338 e. The van der Waals surface area contributed by atoms with Crippen molar-refractivity contribution >= 4 is 17.6 Å². The molecule has 0 spiro atoms. The van der Waals surface area contributed by atoms with Gasteiger partial charge in [-0.2, -0.15) is 0 Å². The van der Waals surface area contributed by atoms with E-state index >= 15 is 0 Å². The molecule has 0 saturated carbocycles. The summed E-state index contributed by atoms with van der Waals surface area (Å²) in [5, 5.41) is 0. The molecule has 13 heavy (non-hydrogen) atoms. The number of carbonyl (C=O) groups excluding carboxylic acids is 1. The Bertz CT molecular complexity index is 293. The van der Waals surface area contributed by atoms with E-state index in [0.29, 0.717) is 5.56 Å². The van der Waals surface area contributed by atoms with Gasteiger partial charge >= 0.3 is 5.97 Å². The van der Waals surface area contributed by atoms with Crippen LogP contribution in [0.25, 0.3) is 0 Å². The van der Waals surface area contributed by atoms with Crippen LogP contribution in [-0.2, 0) is 4.74 Å². The van der Waals surface area contributed by atoms with E-state index in [1.165, 1.54) is 5.54 Å². The average molecular weight is 197 g/mol. The van der Waals surface area contributed by atoms with E-state index in [4.69, 9.17) is 16.3 Å².